The summed E-state index contributed by atoms with van der Waals surface area (Å²) in [5, 5.41) is 0. The summed E-state index contributed by atoms with van der Waals surface area (Å²) in [5.41, 5.74) is 1.39. The zero-order valence-corrected chi connectivity index (χ0v) is 13.9. The Labute approximate surface area is 97.4 Å². The van der Waals surface area contributed by atoms with Crippen LogP contribution in [0.4, 0.5) is 0 Å². The molecule has 0 amide bonds. The summed E-state index contributed by atoms with van der Waals surface area (Å²) in [6.07, 6.45) is 0. The van der Waals surface area contributed by atoms with E-state index in [9.17, 15) is 0 Å². The molecular weight excluding hydrogens is 357 g/mol. The van der Waals surface area contributed by atoms with Crippen LogP contribution in [0.5, 0.6) is 0 Å². The van der Waals surface area contributed by atoms with Crippen LogP contribution in [0, 0.1) is 6.92 Å². The van der Waals surface area contributed by atoms with Gasteiger partial charge in [-0.2, -0.15) is 0 Å². The van der Waals surface area contributed by atoms with Crippen LogP contribution in [0.3, 0.4) is 0 Å². The molecule has 0 aliphatic heterocycles. The third kappa shape index (κ3) is 2.68. The second kappa shape index (κ2) is 4.74. The molecule has 1 heteroatoms. The molecule has 2 aromatic carbocycles. The quantitative estimate of drug-likeness (QED) is 0.712. The van der Waals surface area contributed by atoms with Gasteiger partial charge in [-0.15, -0.1) is 0 Å². The molecule has 2 aromatic rings. The minimum absolute atomic E-state index is 1.03. The summed E-state index contributed by atoms with van der Waals surface area (Å²) < 4.78 is 3.20. The molecule has 0 fully saturated rings. The normalized spacial score (nSPS) is 9.50. The van der Waals surface area contributed by atoms with E-state index in [2.05, 4.69) is 61.5 Å². The molecule has 0 aliphatic carbocycles. The first-order valence-electron chi connectivity index (χ1n) is 4.94. The van der Waals surface area contributed by atoms with E-state index in [-0.39, 0.29) is 0 Å². The second-order valence-electron chi connectivity index (χ2n) is 3.65. The van der Waals surface area contributed by atoms with Crippen molar-refractivity contribution in [3.05, 3.63) is 60.2 Å². The maximum atomic E-state index is 2.34. The molecule has 0 aromatic heterocycles. The van der Waals surface area contributed by atoms with Gasteiger partial charge >= 0.3 is 97.8 Å². The van der Waals surface area contributed by atoms with Crippen molar-refractivity contribution < 1.29 is 24.6 Å². The Morgan fingerprint density at radius 2 is 1.50 bits per heavy atom. The zero-order valence-electron chi connectivity index (χ0n) is 8.40. The van der Waals surface area contributed by atoms with Crippen molar-refractivity contribution in [3.8, 4) is 0 Å². The Balaban J connectivity index is 2.19. The van der Waals surface area contributed by atoms with Gasteiger partial charge in [-0.1, -0.05) is 0 Å². The van der Waals surface area contributed by atoms with Crippen molar-refractivity contribution in [3.63, 3.8) is 0 Å². The molecule has 2 rings (SSSR count). The minimum atomic E-state index is -1.03. The predicted molar refractivity (Wildman–Crippen MR) is 56.9 cm³/mol. The Morgan fingerprint density at radius 1 is 0.786 bits per heavy atom. The number of hydrogen-bond acceptors (Lipinski definition) is 0. The van der Waals surface area contributed by atoms with Gasteiger partial charge in [-0.05, 0) is 0 Å². The molecule has 0 aliphatic rings. The average Bonchev–Trinajstić information content (AvgIpc) is 2.19. The van der Waals surface area contributed by atoms with E-state index in [1.54, 1.807) is 6.14 Å². The summed E-state index contributed by atoms with van der Waals surface area (Å²) in [6, 6.07) is 19.9. The van der Waals surface area contributed by atoms with Crippen LogP contribution in [0.15, 0.2) is 54.6 Å². The van der Waals surface area contributed by atoms with Gasteiger partial charge in [0.2, 0.25) is 0 Å². The molecule has 0 atom stereocenters. The van der Waals surface area contributed by atoms with E-state index < -0.39 is 24.6 Å². The Bertz CT molecular complexity index is 407. The first-order chi connectivity index (χ1) is 6.84. The molecule has 0 bridgehead atoms. The SMILES string of the molecule is Cc1ccc[c]([Hg][c]2ccccc2)c1. The van der Waals surface area contributed by atoms with E-state index in [1.165, 1.54) is 5.56 Å². The van der Waals surface area contributed by atoms with E-state index in [4.69, 9.17) is 0 Å². The number of hydrogen-bond donors (Lipinski definition) is 0. The van der Waals surface area contributed by atoms with Crippen LogP contribution in [0.2, 0.25) is 0 Å². The summed E-state index contributed by atoms with van der Waals surface area (Å²) in [7, 11) is 0. The molecule has 0 saturated carbocycles. The van der Waals surface area contributed by atoms with Crippen molar-refractivity contribution >= 4 is 6.14 Å². The van der Waals surface area contributed by atoms with E-state index >= 15 is 0 Å². The Morgan fingerprint density at radius 3 is 2.21 bits per heavy atom. The van der Waals surface area contributed by atoms with Gasteiger partial charge in [0, 0.05) is 0 Å². The van der Waals surface area contributed by atoms with Gasteiger partial charge in [0.05, 0.1) is 0 Å². The molecule has 66 valence electrons. The van der Waals surface area contributed by atoms with Crippen LogP contribution in [-0.4, -0.2) is 0 Å². The summed E-state index contributed by atoms with van der Waals surface area (Å²) in [5.74, 6) is 0. The van der Waals surface area contributed by atoms with E-state index in [1.807, 2.05) is 0 Å². The van der Waals surface area contributed by atoms with Crippen molar-refractivity contribution in [1.82, 2.24) is 0 Å². The van der Waals surface area contributed by atoms with Gasteiger partial charge in [0.25, 0.3) is 0 Å². The second-order valence-corrected chi connectivity index (χ2v) is 11.4. The fraction of sp³-hybridized carbons (Fsp3) is 0.0769. The average molecular weight is 369 g/mol. The van der Waals surface area contributed by atoms with Gasteiger partial charge in [0.1, 0.15) is 0 Å². The van der Waals surface area contributed by atoms with E-state index in [0.29, 0.717) is 0 Å². The molecule has 0 saturated heterocycles. The van der Waals surface area contributed by atoms with Crippen LogP contribution in [-0.2, 0) is 24.6 Å². The predicted octanol–water partition coefficient (Wildman–Crippen LogP) is 2.03. The summed E-state index contributed by atoms with van der Waals surface area (Å²) >= 11 is -1.03. The van der Waals surface area contributed by atoms with Gasteiger partial charge in [0.15, 0.2) is 0 Å². The van der Waals surface area contributed by atoms with Crippen molar-refractivity contribution in [1.29, 1.82) is 0 Å². The van der Waals surface area contributed by atoms with E-state index in [0.717, 1.165) is 0 Å². The fourth-order valence-electron chi connectivity index (χ4n) is 1.65. The topological polar surface area (TPSA) is 0 Å². The summed E-state index contributed by atoms with van der Waals surface area (Å²) in [6.45, 7) is 2.17. The third-order valence-corrected chi connectivity index (χ3v) is 9.05. The molecule has 0 heterocycles. The molecule has 0 N–H and O–H groups in total. The van der Waals surface area contributed by atoms with Crippen molar-refractivity contribution in [2.24, 2.45) is 0 Å². The standard InChI is InChI=1S/C7H7.C6H5.Hg/c1-7-5-3-2-4-6-7;1-2-4-6-5-3-1;/h2-3,5-6H,1H3;1-5H;. The first kappa shape index (κ1) is 9.91. The first-order valence-corrected chi connectivity index (χ1v) is 10.4. The monoisotopic (exact) mass is 370 g/mol. The van der Waals surface area contributed by atoms with Crippen LogP contribution in [0.1, 0.15) is 5.56 Å². The van der Waals surface area contributed by atoms with Gasteiger partial charge in [-0.25, -0.2) is 0 Å². The van der Waals surface area contributed by atoms with Crippen LogP contribution in [0.25, 0.3) is 0 Å². The van der Waals surface area contributed by atoms with Crippen molar-refractivity contribution in [2.75, 3.05) is 0 Å². The number of benzene rings is 2. The molecule has 0 radical (unpaired) electrons. The Kier molecular flexibility index (Phi) is 3.36. The number of rotatable bonds is 2. The molecule has 0 spiro atoms. The van der Waals surface area contributed by atoms with Crippen LogP contribution < -0.4 is 6.14 Å². The van der Waals surface area contributed by atoms with Gasteiger partial charge in [-0.3, -0.25) is 0 Å². The van der Waals surface area contributed by atoms with Crippen molar-refractivity contribution in [2.45, 2.75) is 6.92 Å². The number of aryl methyl sites for hydroxylation is 1. The zero-order chi connectivity index (χ0) is 9.80. The van der Waals surface area contributed by atoms with Gasteiger partial charge < -0.3 is 0 Å². The maximum absolute atomic E-state index is 2.34. The van der Waals surface area contributed by atoms with Crippen LogP contribution >= 0.6 is 0 Å². The third-order valence-electron chi connectivity index (χ3n) is 2.33. The Hall–Kier alpha value is -0.625. The molecule has 14 heavy (non-hydrogen) atoms. The summed E-state index contributed by atoms with van der Waals surface area (Å²) in [4.78, 5) is 0. The fourth-order valence-corrected chi connectivity index (χ4v) is 8.10. The molecule has 0 nitrogen and oxygen atoms in total. The molecule has 0 unspecified atom stereocenters. The molecular formula is C13H12Hg.